The molecule has 3 aromatic rings. The second kappa shape index (κ2) is 7.83. The van der Waals surface area contributed by atoms with E-state index < -0.39 is 17.5 Å². The SMILES string of the molecule is CC1(c2ccc3c(c2)OCCCO3)NC(=O)N(Cc2cc(=O)n3c4c(sc3n2)CCCC4)C1=O. The maximum absolute atomic E-state index is 13.4. The summed E-state index contributed by atoms with van der Waals surface area (Å²) in [6, 6.07) is 6.18. The number of aromatic nitrogens is 2. The maximum Gasteiger partial charge on any atom is 0.325 e. The fourth-order valence-corrected chi connectivity index (χ4v) is 6.13. The average Bonchev–Trinajstić information content (AvgIpc) is 3.17. The van der Waals surface area contributed by atoms with Gasteiger partial charge in [0.2, 0.25) is 0 Å². The van der Waals surface area contributed by atoms with Crippen LogP contribution in [0.3, 0.4) is 0 Å². The summed E-state index contributed by atoms with van der Waals surface area (Å²) in [5.74, 6) is 0.771. The molecule has 3 amide bonds. The van der Waals surface area contributed by atoms with Crippen LogP contribution in [-0.2, 0) is 29.7 Å². The Morgan fingerprint density at radius 2 is 1.85 bits per heavy atom. The number of carbonyl (C=O) groups excluding carboxylic acids is 2. The van der Waals surface area contributed by atoms with E-state index in [9.17, 15) is 14.4 Å². The molecule has 176 valence electrons. The third kappa shape index (κ3) is 3.27. The number of nitrogens with one attached hydrogen (secondary N) is 1. The zero-order valence-corrected chi connectivity index (χ0v) is 19.6. The number of nitrogens with zero attached hydrogens (tertiary/aromatic N) is 3. The van der Waals surface area contributed by atoms with E-state index in [2.05, 4.69) is 10.3 Å². The fraction of sp³-hybridized carbons (Fsp3) is 0.417. The molecule has 4 heterocycles. The predicted molar refractivity (Wildman–Crippen MR) is 124 cm³/mol. The van der Waals surface area contributed by atoms with Gasteiger partial charge in [0.1, 0.15) is 5.54 Å². The van der Waals surface area contributed by atoms with Gasteiger partial charge < -0.3 is 14.8 Å². The van der Waals surface area contributed by atoms with Crippen LogP contribution in [0.2, 0.25) is 0 Å². The van der Waals surface area contributed by atoms with Crippen molar-refractivity contribution in [1.82, 2.24) is 19.6 Å². The van der Waals surface area contributed by atoms with E-state index in [1.807, 2.05) is 0 Å². The first-order valence-electron chi connectivity index (χ1n) is 11.5. The highest BCUT2D eigenvalue weighted by Crippen LogP contribution is 2.37. The molecular weight excluding hydrogens is 456 g/mol. The quantitative estimate of drug-likeness (QED) is 0.579. The topological polar surface area (TPSA) is 102 Å². The third-order valence-corrected chi connectivity index (χ3v) is 7.88. The van der Waals surface area contributed by atoms with Crippen LogP contribution in [0, 0.1) is 0 Å². The largest absolute Gasteiger partial charge is 0.490 e. The first-order valence-corrected chi connectivity index (χ1v) is 12.3. The van der Waals surface area contributed by atoms with Crippen molar-refractivity contribution in [2.45, 2.75) is 51.1 Å². The highest BCUT2D eigenvalue weighted by atomic mass is 32.1. The summed E-state index contributed by atoms with van der Waals surface area (Å²) in [7, 11) is 0. The Hall–Kier alpha value is -3.40. The highest BCUT2D eigenvalue weighted by molar-refractivity contribution is 7.17. The van der Waals surface area contributed by atoms with Crippen molar-refractivity contribution in [2.24, 2.45) is 0 Å². The van der Waals surface area contributed by atoms with Crippen LogP contribution in [0.1, 0.15) is 48.0 Å². The second-order valence-electron chi connectivity index (χ2n) is 9.04. The lowest BCUT2D eigenvalue weighted by Gasteiger charge is -2.23. The molecule has 1 N–H and O–H groups in total. The van der Waals surface area contributed by atoms with E-state index in [-0.39, 0.29) is 12.1 Å². The van der Waals surface area contributed by atoms with Gasteiger partial charge in [0, 0.05) is 23.1 Å². The Balaban J connectivity index is 1.30. The van der Waals surface area contributed by atoms with Crippen molar-refractivity contribution in [3.8, 4) is 11.5 Å². The Kier molecular flexibility index (Phi) is 4.87. The van der Waals surface area contributed by atoms with E-state index in [4.69, 9.17) is 9.47 Å². The molecule has 2 aromatic heterocycles. The van der Waals surface area contributed by atoms with Gasteiger partial charge in [-0.15, -0.1) is 11.3 Å². The first kappa shape index (κ1) is 21.2. The molecule has 0 radical (unpaired) electrons. The molecule has 1 aliphatic carbocycles. The predicted octanol–water partition coefficient (Wildman–Crippen LogP) is 2.76. The Morgan fingerprint density at radius 1 is 1.06 bits per heavy atom. The fourth-order valence-electron chi connectivity index (χ4n) is 4.90. The third-order valence-electron chi connectivity index (χ3n) is 6.73. The summed E-state index contributed by atoms with van der Waals surface area (Å²) in [6.07, 6.45) is 4.78. The molecule has 1 aromatic carbocycles. The summed E-state index contributed by atoms with van der Waals surface area (Å²) in [6.45, 7) is 2.69. The van der Waals surface area contributed by atoms with E-state index in [1.54, 1.807) is 29.5 Å². The van der Waals surface area contributed by atoms with Gasteiger partial charge in [0.15, 0.2) is 16.5 Å². The summed E-state index contributed by atoms with van der Waals surface area (Å²) < 4.78 is 13.1. The van der Waals surface area contributed by atoms with Crippen molar-refractivity contribution in [2.75, 3.05) is 13.2 Å². The molecule has 1 saturated heterocycles. The number of hydrogen-bond donors (Lipinski definition) is 1. The summed E-state index contributed by atoms with van der Waals surface area (Å²) in [5.41, 5.74) is 0.620. The lowest BCUT2D eigenvalue weighted by atomic mass is 9.91. The van der Waals surface area contributed by atoms with Crippen LogP contribution < -0.4 is 20.3 Å². The Morgan fingerprint density at radius 3 is 2.71 bits per heavy atom. The van der Waals surface area contributed by atoms with E-state index >= 15 is 0 Å². The lowest BCUT2D eigenvalue weighted by Crippen LogP contribution is -2.40. The van der Waals surface area contributed by atoms with Crippen LogP contribution in [0.5, 0.6) is 11.5 Å². The number of amides is 3. The highest BCUT2D eigenvalue weighted by Gasteiger charge is 2.49. The zero-order chi connectivity index (χ0) is 23.4. The maximum atomic E-state index is 13.4. The monoisotopic (exact) mass is 480 g/mol. The zero-order valence-electron chi connectivity index (χ0n) is 18.8. The van der Waals surface area contributed by atoms with Crippen molar-refractivity contribution >= 4 is 28.2 Å². The molecule has 0 bridgehead atoms. The summed E-state index contributed by atoms with van der Waals surface area (Å²) in [4.78, 5) is 46.8. The number of hydrogen-bond acceptors (Lipinski definition) is 7. The minimum absolute atomic E-state index is 0.0703. The van der Waals surface area contributed by atoms with E-state index in [1.165, 1.54) is 22.3 Å². The van der Waals surface area contributed by atoms with Crippen molar-refractivity contribution in [1.29, 1.82) is 0 Å². The number of urea groups is 1. The minimum Gasteiger partial charge on any atom is -0.490 e. The van der Waals surface area contributed by atoms with Crippen LogP contribution in [0.15, 0.2) is 29.1 Å². The number of thiazole rings is 1. The standard InChI is InChI=1S/C24H24N4O5S/c1-24(14-7-8-17-18(11-14)33-10-4-9-32-17)21(30)27(22(31)26-24)13-15-12-20(29)28-16-5-2-3-6-19(16)34-23(28)25-15/h7-8,11-12H,2-6,9-10,13H2,1H3,(H,26,31). The normalized spacial score (nSPS) is 22.0. The molecule has 10 heteroatoms. The molecule has 2 aliphatic heterocycles. The minimum atomic E-state index is -1.26. The van der Waals surface area contributed by atoms with Crippen LogP contribution in [-0.4, -0.2) is 39.4 Å². The van der Waals surface area contributed by atoms with Gasteiger partial charge in [0.25, 0.3) is 11.5 Å². The van der Waals surface area contributed by atoms with Crippen molar-refractivity contribution < 1.29 is 19.1 Å². The van der Waals surface area contributed by atoms with Crippen LogP contribution in [0.25, 0.3) is 4.96 Å². The molecule has 1 atom stereocenters. The van der Waals surface area contributed by atoms with Crippen LogP contribution in [0.4, 0.5) is 4.79 Å². The van der Waals surface area contributed by atoms with E-state index in [0.717, 1.165) is 42.7 Å². The molecule has 3 aliphatic rings. The number of imide groups is 1. The Bertz CT molecular complexity index is 1400. The lowest BCUT2D eigenvalue weighted by molar-refractivity contribution is -0.131. The summed E-state index contributed by atoms with van der Waals surface area (Å²) >= 11 is 1.52. The molecule has 0 saturated carbocycles. The van der Waals surface area contributed by atoms with Gasteiger partial charge in [0.05, 0.1) is 25.5 Å². The molecule has 34 heavy (non-hydrogen) atoms. The number of rotatable bonds is 3. The van der Waals surface area contributed by atoms with Gasteiger partial charge >= 0.3 is 6.03 Å². The summed E-state index contributed by atoms with van der Waals surface area (Å²) in [5, 5.41) is 2.81. The van der Waals surface area contributed by atoms with Gasteiger partial charge in [-0.05, 0) is 50.3 Å². The van der Waals surface area contributed by atoms with E-state index in [0.29, 0.717) is 40.9 Å². The molecule has 1 unspecified atom stereocenters. The molecule has 0 spiro atoms. The van der Waals surface area contributed by atoms with Gasteiger partial charge in [-0.2, -0.15) is 0 Å². The average molecular weight is 481 g/mol. The number of carbonyl (C=O) groups is 2. The molecular formula is C24H24N4O5S. The van der Waals surface area contributed by atoms with Crippen molar-refractivity contribution in [3.63, 3.8) is 0 Å². The van der Waals surface area contributed by atoms with Crippen LogP contribution >= 0.6 is 11.3 Å². The van der Waals surface area contributed by atoms with Gasteiger partial charge in [-0.25, -0.2) is 9.78 Å². The van der Waals surface area contributed by atoms with Gasteiger partial charge in [-0.1, -0.05) is 6.07 Å². The van der Waals surface area contributed by atoms with Crippen molar-refractivity contribution in [3.05, 3.63) is 56.4 Å². The number of benzene rings is 1. The van der Waals surface area contributed by atoms with Gasteiger partial charge in [-0.3, -0.25) is 18.9 Å². The number of aryl methyl sites for hydroxylation is 2. The molecule has 9 nitrogen and oxygen atoms in total. The molecule has 1 fully saturated rings. The second-order valence-corrected chi connectivity index (χ2v) is 10.1. The Labute approximate surface area is 199 Å². The number of ether oxygens (including phenoxy) is 2. The number of fused-ring (bicyclic) bond motifs is 4. The smallest absolute Gasteiger partial charge is 0.325 e. The molecule has 6 rings (SSSR count). The first-order chi connectivity index (χ1) is 16.4.